The van der Waals surface area contributed by atoms with Gasteiger partial charge in [0.15, 0.2) is 0 Å². The van der Waals surface area contributed by atoms with Gasteiger partial charge in [-0.3, -0.25) is 0 Å². The van der Waals surface area contributed by atoms with Gasteiger partial charge in [0.2, 0.25) is 0 Å². The summed E-state index contributed by atoms with van der Waals surface area (Å²) in [5, 5.41) is 0. The molecule has 0 amide bonds. The van der Waals surface area contributed by atoms with Crippen molar-refractivity contribution >= 4 is 0 Å². The Hall–Kier alpha value is -1.24. The van der Waals surface area contributed by atoms with Gasteiger partial charge in [-0.15, -0.1) is 0 Å². The lowest BCUT2D eigenvalue weighted by Gasteiger charge is -2.21. The van der Waals surface area contributed by atoms with Crippen molar-refractivity contribution in [3.05, 3.63) is 47.7 Å². The van der Waals surface area contributed by atoms with Crippen LogP contribution in [0.2, 0.25) is 0 Å². The van der Waals surface area contributed by atoms with Gasteiger partial charge < -0.3 is 4.90 Å². The van der Waals surface area contributed by atoms with Gasteiger partial charge in [0.1, 0.15) is 0 Å². The molecule has 0 rings (SSSR count). The van der Waals surface area contributed by atoms with Crippen molar-refractivity contribution in [2.24, 2.45) is 0 Å². The predicted molar refractivity (Wildman–Crippen MR) is 83.6 cm³/mol. The normalized spacial score (nSPS) is 11.7. The average molecular weight is 247 g/mol. The molecular formula is C17H29N. The molecule has 1 nitrogen and oxygen atoms in total. The molecule has 0 radical (unpaired) electrons. The van der Waals surface area contributed by atoms with Gasteiger partial charge in [0.05, 0.1) is 0 Å². The monoisotopic (exact) mass is 247 g/mol. The largest absolute Gasteiger partial charge is 0.369 e. The van der Waals surface area contributed by atoms with Crippen molar-refractivity contribution in [2.75, 3.05) is 13.1 Å². The maximum atomic E-state index is 4.08. The van der Waals surface area contributed by atoms with E-state index in [4.69, 9.17) is 0 Å². The van der Waals surface area contributed by atoms with Crippen LogP contribution in [0.15, 0.2) is 47.7 Å². The van der Waals surface area contributed by atoms with E-state index in [2.05, 4.69) is 57.4 Å². The lowest BCUT2D eigenvalue weighted by atomic mass is 10.1. The van der Waals surface area contributed by atoms with Crippen LogP contribution in [-0.2, 0) is 0 Å². The molecule has 0 bridgehead atoms. The Kier molecular flexibility index (Phi) is 9.08. The predicted octanol–water partition coefficient (Wildman–Crippen LogP) is 5.09. The third-order valence-corrected chi connectivity index (χ3v) is 2.90. The van der Waals surface area contributed by atoms with E-state index < -0.39 is 0 Å². The van der Waals surface area contributed by atoms with E-state index in [9.17, 15) is 0 Å². The first-order valence-corrected chi connectivity index (χ1v) is 6.86. The third kappa shape index (κ3) is 7.94. The van der Waals surface area contributed by atoms with Gasteiger partial charge in [0, 0.05) is 18.8 Å². The first kappa shape index (κ1) is 16.8. The highest BCUT2D eigenvalue weighted by atomic mass is 15.1. The molecule has 0 aliphatic rings. The van der Waals surface area contributed by atoms with E-state index in [-0.39, 0.29) is 0 Å². The molecule has 102 valence electrons. The highest BCUT2D eigenvalue weighted by Gasteiger charge is 2.00. The van der Waals surface area contributed by atoms with Crippen LogP contribution in [0.25, 0.3) is 0 Å². The fourth-order valence-electron chi connectivity index (χ4n) is 1.70. The quantitative estimate of drug-likeness (QED) is 0.426. The zero-order valence-electron chi connectivity index (χ0n) is 12.8. The van der Waals surface area contributed by atoms with Gasteiger partial charge in [-0.2, -0.15) is 0 Å². The van der Waals surface area contributed by atoms with Crippen LogP contribution in [0.5, 0.6) is 0 Å². The molecule has 0 aromatic heterocycles. The minimum absolute atomic E-state index is 0.959. The molecule has 0 aliphatic carbocycles. The van der Waals surface area contributed by atoms with Crippen molar-refractivity contribution in [1.82, 2.24) is 4.90 Å². The summed E-state index contributed by atoms with van der Waals surface area (Å²) in [5.74, 6) is 0. The van der Waals surface area contributed by atoms with E-state index in [0.717, 1.165) is 31.6 Å². The SMILES string of the molecule is C=C(/C=C/C)N(CC)C/C=C(/C)CCC=C(C)C. The Morgan fingerprint density at radius 2 is 1.83 bits per heavy atom. The molecule has 0 unspecified atom stereocenters. The summed E-state index contributed by atoms with van der Waals surface area (Å²) < 4.78 is 0. The minimum atomic E-state index is 0.959. The Bertz CT molecular complexity index is 328. The molecule has 0 atom stereocenters. The molecule has 0 N–H and O–H groups in total. The average Bonchev–Trinajstić information content (AvgIpc) is 2.29. The van der Waals surface area contributed by atoms with E-state index in [1.54, 1.807) is 0 Å². The summed E-state index contributed by atoms with van der Waals surface area (Å²) in [7, 11) is 0. The summed E-state index contributed by atoms with van der Waals surface area (Å²) in [6, 6.07) is 0. The van der Waals surface area contributed by atoms with Crippen molar-refractivity contribution in [3.63, 3.8) is 0 Å². The number of rotatable bonds is 8. The smallest absolute Gasteiger partial charge is 0.0361 e. The molecule has 0 saturated heterocycles. The maximum absolute atomic E-state index is 4.08. The van der Waals surface area contributed by atoms with Crippen LogP contribution in [0.3, 0.4) is 0 Å². The first-order valence-electron chi connectivity index (χ1n) is 6.86. The molecule has 0 aromatic carbocycles. The summed E-state index contributed by atoms with van der Waals surface area (Å²) in [6.07, 6.45) is 11.0. The van der Waals surface area contributed by atoms with Gasteiger partial charge in [-0.1, -0.05) is 36.0 Å². The second-order valence-electron chi connectivity index (χ2n) is 4.90. The Morgan fingerprint density at radius 1 is 1.17 bits per heavy atom. The van der Waals surface area contributed by atoms with E-state index in [1.807, 2.05) is 13.0 Å². The van der Waals surface area contributed by atoms with Crippen LogP contribution in [0, 0.1) is 0 Å². The van der Waals surface area contributed by atoms with Crippen molar-refractivity contribution in [1.29, 1.82) is 0 Å². The number of allylic oxidation sites excluding steroid dienone is 5. The zero-order valence-corrected chi connectivity index (χ0v) is 12.8. The summed E-state index contributed by atoms with van der Waals surface area (Å²) in [5.41, 5.74) is 3.95. The highest BCUT2D eigenvalue weighted by molar-refractivity contribution is 5.14. The lowest BCUT2D eigenvalue weighted by molar-refractivity contribution is 0.414. The second kappa shape index (κ2) is 9.76. The summed E-state index contributed by atoms with van der Waals surface area (Å²) in [4.78, 5) is 2.28. The Morgan fingerprint density at radius 3 is 2.33 bits per heavy atom. The standard InChI is InChI=1S/C17H29N/c1-7-10-17(6)18(8-2)14-13-16(5)12-9-11-15(3)4/h7,10-11,13H,6,8-9,12,14H2,1-5H3/b10-7+,16-13-. The molecule has 18 heavy (non-hydrogen) atoms. The first-order chi connectivity index (χ1) is 8.51. The molecule has 0 aromatic rings. The third-order valence-electron chi connectivity index (χ3n) is 2.90. The molecule has 0 spiro atoms. The molecular weight excluding hydrogens is 218 g/mol. The Balaban J connectivity index is 4.24. The van der Waals surface area contributed by atoms with Gasteiger partial charge in [-0.25, -0.2) is 0 Å². The van der Waals surface area contributed by atoms with Crippen LogP contribution >= 0.6 is 0 Å². The van der Waals surface area contributed by atoms with Gasteiger partial charge in [0.25, 0.3) is 0 Å². The fourth-order valence-corrected chi connectivity index (χ4v) is 1.70. The number of hydrogen-bond acceptors (Lipinski definition) is 1. The maximum Gasteiger partial charge on any atom is 0.0361 e. The lowest BCUT2D eigenvalue weighted by Crippen LogP contribution is -2.21. The second-order valence-corrected chi connectivity index (χ2v) is 4.90. The number of likely N-dealkylation sites (N-methyl/N-ethyl adjacent to an activating group) is 1. The van der Waals surface area contributed by atoms with Gasteiger partial charge in [-0.05, 0) is 53.5 Å². The van der Waals surface area contributed by atoms with Gasteiger partial charge >= 0.3 is 0 Å². The summed E-state index contributed by atoms with van der Waals surface area (Å²) in [6.45, 7) is 16.8. The molecule has 1 heteroatoms. The van der Waals surface area contributed by atoms with E-state index in [1.165, 1.54) is 11.1 Å². The summed E-state index contributed by atoms with van der Waals surface area (Å²) >= 11 is 0. The molecule has 0 heterocycles. The van der Waals surface area contributed by atoms with Crippen LogP contribution < -0.4 is 0 Å². The van der Waals surface area contributed by atoms with Crippen LogP contribution in [-0.4, -0.2) is 18.0 Å². The van der Waals surface area contributed by atoms with Crippen LogP contribution in [0.4, 0.5) is 0 Å². The Labute approximate surface area is 114 Å². The van der Waals surface area contributed by atoms with Crippen molar-refractivity contribution < 1.29 is 0 Å². The number of hydrogen-bond donors (Lipinski definition) is 0. The zero-order chi connectivity index (χ0) is 14.0. The minimum Gasteiger partial charge on any atom is -0.369 e. The van der Waals surface area contributed by atoms with E-state index in [0.29, 0.717) is 0 Å². The number of nitrogens with zero attached hydrogens (tertiary/aromatic N) is 1. The highest BCUT2D eigenvalue weighted by Crippen LogP contribution is 2.09. The molecule has 0 saturated carbocycles. The van der Waals surface area contributed by atoms with Crippen molar-refractivity contribution in [3.8, 4) is 0 Å². The topological polar surface area (TPSA) is 3.24 Å². The molecule has 0 aliphatic heterocycles. The van der Waals surface area contributed by atoms with Crippen molar-refractivity contribution in [2.45, 2.75) is 47.5 Å². The van der Waals surface area contributed by atoms with Crippen LogP contribution in [0.1, 0.15) is 47.5 Å². The van der Waals surface area contributed by atoms with E-state index >= 15 is 0 Å². The fraction of sp³-hybridized carbons (Fsp3) is 0.529. The molecule has 0 fully saturated rings.